The highest BCUT2D eigenvalue weighted by atomic mass is 16.5. The van der Waals surface area contributed by atoms with Crippen molar-refractivity contribution in [2.45, 2.75) is 25.7 Å². The SMILES string of the molecule is CN=C(NCCCc1ccccc1)NCCCc1ccc(OC)c(OC)c1. The van der Waals surface area contributed by atoms with Crippen molar-refractivity contribution in [2.75, 3.05) is 34.4 Å². The average molecular weight is 370 g/mol. The smallest absolute Gasteiger partial charge is 0.190 e. The number of aryl methyl sites for hydroxylation is 2. The number of hydrogen-bond acceptors (Lipinski definition) is 3. The highest BCUT2D eigenvalue weighted by Gasteiger charge is 2.04. The Morgan fingerprint density at radius 1 is 0.815 bits per heavy atom. The minimum atomic E-state index is 0.763. The van der Waals surface area contributed by atoms with Crippen molar-refractivity contribution < 1.29 is 9.47 Å². The summed E-state index contributed by atoms with van der Waals surface area (Å²) in [6.07, 6.45) is 4.14. The molecule has 0 bridgehead atoms. The van der Waals surface area contributed by atoms with Crippen molar-refractivity contribution in [1.29, 1.82) is 0 Å². The zero-order valence-corrected chi connectivity index (χ0v) is 16.6. The molecule has 0 aliphatic carbocycles. The Hall–Kier alpha value is -2.69. The van der Waals surface area contributed by atoms with E-state index in [9.17, 15) is 0 Å². The van der Waals surface area contributed by atoms with Gasteiger partial charge in [-0.05, 0) is 48.9 Å². The Balaban J connectivity index is 1.64. The van der Waals surface area contributed by atoms with Crippen LogP contribution in [-0.4, -0.2) is 40.3 Å². The standard InChI is InChI=1S/C22H31N3O2/c1-23-22(24-15-7-11-18-9-5-4-6-10-18)25-16-8-12-19-13-14-20(26-2)21(17-19)27-3/h4-6,9-10,13-14,17H,7-8,11-12,15-16H2,1-3H3,(H2,23,24,25). The number of nitrogens with one attached hydrogen (secondary N) is 2. The Bertz CT molecular complexity index is 702. The van der Waals surface area contributed by atoms with Crippen LogP contribution < -0.4 is 20.1 Å². The fraction of sp³-hybridized carbons (Fsp3) is 0.409. The van der Waals surface area contributed by atoms with Crippen molar-refractivity contribution in [3.05, 3.63) is 59.7 Å². The number of aliphatic imine (C=N–C) groups is 1. The van der Waals surface area contributed by atoms with E-state index in [1.54, 1.807) is 21.3 Å². The molecule has 0 spiro atoms. The van der Waals surface area contributed by atoms with E-state index in [0.29, 0.717) is 0 Å². The van der Waals surface area contributed by atoms with Crippen LogP contribution in [0.25, 0.3) is 0 Å². The van der Waals surface area contributed by atoms with Gasteiger partial charge in [0.15, 0.2) is 17.5 Å². The van der Waals surface area contributed by atoms with Crippen LogP contribution in [0.2, 0.25) is 0 Å². The third-order valence-corrected chi connectivity index (χ3v) is 4.38. The average Bonchev–Trinajstić information content (AvgIpc) is 2.73. The summed E-state index contributed by atoms with van der Waals surface area (Å²) in [5.41, 5.74) is 2.61. The third-order valence-electron chi connectivity index (χ3n) is 4.38. The molecule has 0 saturated carbocycles. The molecule has 0 aromatic heterocycles. The second-order valence-corrected chi connectivity index (χ2v) is 6.31. The van der Waals surface area contributed by atoms with E-state index in [-0.39, 0.29) is 0 Å². The van der Waals surface area contributed by atoms with Gasteiger partial charge in [0.25, 0.3) is 0 Å². The second kappa shape index (κ2) is 11.8. The quantitative estimate of drug-likeness (QED) is 0.383. The molecule has 2 aromatic rings. The molecular formula is C22H31N3O2. The maximum atomic E-state index is 5.36. The number of nitrogens with zero attached hydrogens (tertiary/aromatic N) is 1. The molecule has 2 N–H and O–H groups in total. The molecule has 2 rings (SSSR count). The normalized spacial score (nSPS) is 11.1. The molecule has 0 radical (unpaired) electrons. The minimum absolute atomic E-state index is 0.763. The number of guanidine groups is 1. The molecule has 0 fully saturated rings. The van der Waals surface area contributed by atoms with E-state index in [2.05, 4.69) is 52.0 Å². The van der Waals surface area contributed by atoms with Gasteiger partial charge in [-0.1, -0.05) is 36.4 Å². The maximum Gasteiger partial charge on any atom is 0.190 e. The Kier molecular flexibility index (Phi) is 9.04. The van der Waals surface area contributed by atoms with Gasteiger partial charge in [0.05, 0.1) is 14.2 Å². The zero-order chi connectivity index (χ0) is 19.3. The van der Waals surface area contributed by atoms with Crippen molar-refractivity contribution in [3.63, 3.8) is 0 Å². The van der Waals surface area contributed by atoms with E-state index < -0.39 is 0 Å². The molecule has 5 heteroatoms. The minimum Gasteiger partial charge on any atom is -0.493 e. The van der Waals surface area contributed by atoms with Crippen molar-refractivity contribution >= 4 is 5.96 Å². The van der Waals surface area contributed by atoms with Gasteiger partial charge in [-0.25, -0.2) is 0 Å². The van der Waals surface area contributed by atoms with Gasteiger partial charge in [0.2, 0.25) is 0 Å². The van der Waals surface area contributed by atoms with Gasteiger partial charge in [-0.3, -0.25) is 4.99 Å². The van der Waals surface area contributed by atoms with Gasteiger partial charge in [0.1, 0.15) is 0 Å². The van der Waals surface area contributed by atoms with Crippen LogP contribution in [-0.2, 0) is 12.8 Å². The van der Waals surface area contributed by atoms with Gasteiger partial charge in [-0.15, -0.1) is 0 Å². The van der Waals surface area contributed by atoms with Crippen LogP contribution in [0.1, 0.15) is 24.0 Å². The molecule has 146 valence electrons. The van der Waals surface area contributed by atoms with Crippen molar-refractivity contribution in [2.24, 2.45) is 4.99 Å². The summed E-state index contributed by atoms with van der Waals surface area (Å²) in [6, 6.07) is 16.6. The summed E-state index contributed by atoms with van der Waals surface area (Å²) in [6.45, 7) is 1.77. The largest absolute Gasteiger partial charge is 0.493 e. The Labute approximate surface area is 162 Å². The number of rotatable bonds is 10. The first-order chi connectivity index (χ1) is 13.3. The molecule has 0 heterocycles. The number of methoxy groups -OCH3 is 2. The summed E-state index contributed by atoms with van der Waals surface area (Å²) >= 11 is 0. The molecule has 27 heavy (non-hydrogen) atoms. The first-order valence-electron chi connectivity index (χ1n) is 9.46. The molecule has 2 aromatic carbocycles. The van der Waals surface area contributed by atoms with Gasteiger partial charge in [0, 0.05) is 20.1 Å². The predicted molar refractivity (Wildman–Crippen MR) is 112 cm³/mol. The number of benzene rings is 2. The van der Waals surface area contributed by atoms with Gasteiger partial charge in [-0.2, -0.15) is 0 Å². The van der Waals surface area contributed by atoms with Crippen LogP contribution in [0.5, 0.6) is 11.5 Å². The van der Waals surface area contributed by atoms with E-state index in [4.69, 9.17) is 9.47 Å². The first kappa shape index (κ1) is 20.6. The van der Waals surface area contributed by atoms with E-state index in [1.165, 1.54) is 11.1 Å². The fourth-order valence-electron chi connectivity index (χ4n) is 2.90. The molecule has 0 atom stereocenters. The summed E-state index contributed by atoms with van der Waals surface area (Å²) in [4.78, 5) is 4.29. The fourth-order valence-corrected chi connectivity index (χ4v) is 2.90. The van der Waals surface area contributed by atoms with E-state index >= 15 is 0 Å². The summed E-state index contributed by atoms with van der Waals surface area (Å²) in [5, 5.41) is 6.75. The summed E-state index contributed by atoms with van der Waals surface area (Å²) < 4.78 is 10.6. The second-order valence-electron chi connectivity index (χ2n) is 6.31. The molecule has 0 aliphatic rings. The predicted octanol–water partition coefficient (Wildman–Crippen LogP) is 3.43. The third kappa shape index (κ3) is 7.21. The van der Waals surface area contributed by atoms with Crippen LogP contribution in [0.4, 0.5) is 0 Å². The van der Waals surface area contributed by atoms with Crippen LogP contribution in [0.3, 0.4) is 0 Å². The Morgan fingerprint density at radius 2 is 1.44 bits per heavy atom. The topological polar surface area (TPSA) is 54.9 Å². The van der Waals surface area contributed by atoms with Gasteiger partial charge < -0.3 is 20.1 Å². The molecule has 0 saturated heterocycles. The Morgan fingerprint density at radius 3 is 2.04 bits per heavy atom. The highest BCUT2D eigenvalue weighted by molar-refractivity contribution is 5.79. The lowest BCUT2D eigenvalue weighted by Gasteiger charge is -2.12. The molecule has 5 nitrogen and oxygen atoms in total. The van der Waals surface area contributed by atoms with Crippen LogP contribution >= 0.6 is 0 Å². The molecule has 0 unspecified atom stereocenters. The van der Waals surface area contributed by atoms with Crippen LogP contribution in [0.15, 0.2) is 53.5 Å². The van der Waals surface area contributed by atoms with E-state index in [0.717, 1.165) is 56.2 Å². The highest BCUT2D eigenvalue weighted by Crippen LogP contribution is 2.27. The monoisotopic (exact) mass is 369 g/mol. The van der Waals surface area contributed by atoms with Crippen LogP contribution in [0, 0.1) is 0 Å². The van der Waals surface area contributed by atoms with E-state index in [1.807, 2.05) is 12.1 Å². The van der Waals surface area contributed by atoms with Crippen molar-refractivity contribution in [1.82, 2.24) is 10.6 Å². The number of ether oxygens (including phenoxy) is 2. The lowest BCUT2D eigenvalue weighted by atomic mass is 10.1. The number of hydrogen-bond donors (Lipinski definition) is 2. The zero-order valence-electron chi connectivity index (χ0n) is 16.6. The van der Waals surface area contributed by atoms with Crippen molar-refractivity contribution in [3.8, 4) is 11.5 Å². The summed E-state index contributed by atoms with van der Waals surface area (Å²) in [5.74, 6) is 2.40. The first-order valence-corrected chi connectivity index (χ1v) is 9.46. The summed E-state index contributed by atoms with van der Waals surface area (Å²) in [7, 11) is 5.12. The molecule has 0 aliphatic heterocycles. The lowest BCUT2D eigenvalue weighted by Crippen LogP contribution is -2.38. The van der Waals surface area contributed by atoms with Gasteiger partial charge >= 0.3 is 0 Å². The molecule has 0 amide bonds. The maximum absolute atomic E-state index is 5.36. The lowest BCUT2D eigenvalue weighted by molar-refractivity contribution is 0.354. The molecular weight excluding hydrogens is 338 g/mol.